The normalized spacial score (nSPS) is 18.6. The Morgan fingerprint density at radius 2 is 1.97 bits per heavy atom. The van der Waals surface area contributed by atoms with Gasteiger partial charge in [0.05, 0.1) is 11.7 Å². The second-order valence-electron chi connectivity index (χ2n) is 8.51. The van der Waals surface area contributed by atoms with Crippen molar-refractivity contribution in [2.75, 3.05) is 24.7 Å². The first kappa shape index (κ1) is 22.4. The lowest BCUT2D eigenvalue weighted by molar-refractivity contribution is -0.125. The number of amides is 3. The quantitative estimate of drug-likeness (QED) is 0.483. The van der Waals surface area contributed by atoms with Gasteiger partial charge in [-0.15, -0.1) is 0 Å². The Kier molecular flexibility index (Phi) is 6.21. The number of ether oxygens (including phenoxy) is 1. The topological polar surface area (TPSA) is 116 Å². The number of halogens is 1. The molecular weight excluding hydrogens is 458 g/mol. The minimum Gasteiger partial charge on any atom is -0.381 e. The molecule has 10 heteroatoms. The molecule has 4 heterocycles. The van der Waals surface area contributed by atoms with Crippen LogP contribution in [0.3, 0.4) is 0 Å². The van der Waals surface area contributed by atoms with Crippen molar-refractivity contribution in [3.05, 3.63) is 59.0 Å². The molecule has 0 saturated carbocycles. The van der Waals surface area contributed by atoms with Crippen molar-refractivity contribution in [3.8, 4) is 0 Å². The van der Waals surface area contributed by atoms with Crippen LogP contribution in [0.2, 0.25) is 5.15 Å². The second-order valence-corrected chi connectivity index (χ2v) is 8.90. The number of aromatic amines is 1. The van der Waals surface area contributed by atoms with Crippen molar-refractivity contribution in [1.82, 2.24) is 20.6 Å². The van der Waals surface area contributed by atoms with Crippen LogP contribution >= 0.6 is 11.6 Å². The summed E-state index contributed by atoms with van der Waals surface area (Å²) in [4.78, 5) is 47.6. The molecule has 0 aliphatic carbocycles. The van der Waals surface area contributed by atoms with Gasteiger partial charge in [-0.3, -0.25) is 14.4 Å². The summed E-state index contributed by atoms with van der Waals surface area (Å²) >= 11 is 5.93. The lowest BCUT2D eigenvalue weighted by atomic mass is 9.96. The molecule has 9 nitrogen and oxygen atoms in total. The van der Waals surface area contributed by atoms with Crippen molar-refractivity contribution >= 4 is 45.9 Å². The first-order chi connectivity index (χ1) is 16.5. The summed E-state index contributed by atoms with van der Waals surface area (Å²) in [5.41, 5.74) is 2.54. The number of para-hydroxylation sites is 1. The standard InChI is InChI=1S/C24H24ClN5O4/c25-21-11-15-10-17(28-19(15)12-26-21)23(32)29-18-9-14-3-1-2-4-20(14)30(24(18)33)13-22(31)27-16-5-7-34-8-6-16/h1-4,10-12,16,18,28H,5-9,13H2,(H,27,31)(H,29,32). The van der Waals surface area contributed by atoms with Gasteiger partial charge in [0.2, 0.25) is 11.8 Å². The molecule has 5 rings (SSSR count). The van der Waals surface area contributed by atoms with Crippen LogP contribution in [-0.4, -0.2) is 59.5 Å². The Labute approximate surface area is 200 Å². The number of aromatic nitrogens is 2. The zero-order chi connectivity index (χ0) is 23.7. The third-order valence-corrected chi connectivity index (χ3v) is 6.39. The predicted octanol–water partition coefficient (Wildman–Crippen LogP) is 2.20. The summed E-state index contributed by atoms with van der Waals surface area (Å²) in [5, 5.41) is 6.89. The number of nitrogens with one attached hydrogen (secondary N) is 3. The van der Waals surface area contributed by atoms with E-state index in [2.05, 4.69) is 20.6 Å². The fourth-order valence-corrected chi connectivity index (χ4v) is 4.62. The number of rotatable bonds is 5. The van der Waals surface area contributed by atoms with Gasteiger partial charge in [0, 0.05) is 36.8 Å². The maximum atomic E-state index is 13.4. The molecule has 1 saturated heterocycles. The minimum absolute atomic E-state index is 0.0388. The van der Waals surface area contributed by atoms with Gasteiger partial charge < -0.3 is 25.3 Å². The van der Waals surface area contributed by atoms with Gasteiger partial charge in [0.1, 0.15) is 23.4 Å². The Balaban J connectivity index is 1.33. The number of fused-ring (bicyclic) bond motifs is 2. The van der Waals surface area contributed by atoms with Gasteiger partial charge in [0.25, 0.3) is 5.91 Å². The van der Waals surface area contributed by atoms with Crippen LogP contribution in [0.4, 0.5) is 5.69 Å². The van der Waals surface area contributed by atoms with Gasteiger partial charge in [-0.25, -0.2) is 4.98 Å². The summed E-state index contributed by atoms with van der Waals surface area (Å²) in [6, 6.07) is 10.00. The number of pyridine rings is 1. The molecule has 1 aromatic carbocycles. The molecule has 0 spiro atoms. The molecule has 0 radical (unpaired) electrons. The molecular formula is C24H24ClN5O4. The third kappa shape index (κ3) is 4.62. The van der Waals surface area contributed by atoms with E-state index in [-0.39, 0.29) is 24.4 Å². The number of H-pyrrole nitrogens is 1. The van der Waals surface area contributed by atoms with Crippen molar-refractivity contribution in [2.24, 2.45) is 0 Å². The average molecular weight is 482 g/mol. The lowest BCUT2D eigenvalue weighted by Gasteiger charge is -2.34. The minimum atomic E-state index is -0.800. The van der Waals surface area contributed by atoms with Gasteiger partial charge in [-0.2, -0.15) is 0 Å². The molecule has 1 fully saturated rings. The van der Waals surface area contributed by atoms with Crippen LogP contribution in [0.15, 0.2) is 42.6 Å². The molecule has 34 heavy (non-hydrogen) atoms. The highest BCUT2D eigenvalue weighted by Gasteiger charge is 2.35. The van der Waals surface area contributed by atoms with Crippen molar-refractivity contribution in [1.29, 1.82) is 0 Å². The smallest absolute Gasteiger partial charge is 0.268 e. The third-order valence-electron chi connectivity index (χ3n) is 6.18. The predicted molar refractivity (Wildman–Crippen MR) is 127 cm³/mol. The average Bonchev–Trinajstić information content (AvgIpc) is 3.26. The van der Waals surface area contributed by atoms with Crippen molar-refractivity contribution < 1.29 is 19.1 Å². The maximum Gasteiger partial charge on any atom is 0.268 e. The number of hydrogen-bond donors (Lipinski definition) is 3. The molecule has 3 aromatic rings. The number of carbonyl (C=O) groups excluding carboxylic acids is 3. The van der Waals surface area contributed by atoms with E-state index in [0.717, 1.165) is 23.8 Å². The number of carbonyl (C=O) groups is 3. The van der Waals surface area contributed by atoms with Gasteiger partial charge in [-0.1, -0.05) is 29.8 Å². The highest BCUT2D eigenvalue weighted by atomic mass is 35.5. The fourth-order valence-electron chi connectivity index (χ4n) is 4.46. The number of benzene rings is 1. The SMILES string of the molecule is O=C(CN1C(=O)C(NC(=O)c2cc3cc(Cl)ncc3[nH]2)Cc2ccccc21)NC1CCOCC1. The lowest BCUT2D eigenvalue weighted by Crippen LogP contribution is -2.55. The molecule has 2 aliphatic heterocycles. The molecule has 0 bridgehead atoms. The highest BCUT2D eigenvalue weighted by Crippen LogP contribution is 2.28. The summed E-state index contributed by atoms with van der Waals surface area (Å²) in [6.07, 6.45) is 3.39. The first-order valence-corrected chi connectivity index (χ1v) is 11.6. The maximum absolute atomic E-state index is 13.4. The summed E-state index contributed by atoms with van der Waals surface area (Å²) in [7, 11) is 0. The van der Waals surface area contributed by atoms with Crippen LogP contribution in [0.25, 0.3) is 10.9 Å². The van der Waals surface area contributed by atoms with Crippen LogP contribution < -0.4 is 15.5 Å². The second kappa shape index (κ2) is 9.44. The molecule has 1 unspecified atom stereocenters. The molecule has 176 valence electrons. The van der Waals surface area contributed by atoms with E-state index >= 15 is 0 Å². The summed E-state index contributed by atoms with van der Waals surface area (Å²) in [6.45, 7) is 1.11. The Morgan fingerprint density at radius 3 is 2.79 bits per heavy atom. The fraction of sp³-hybridized carbons (Fsp3) is 0.333. The zero-order valence-corrected chi connectivity index (χ0v) is 19.1. The Morgan fingerprint density at radius 1 is 1.18 bits per heavy atom. The monoisotopic (exact) mass is 481 g/mol. The van der Waals surface area contributed by atoms with E-state index < -0.39 is 11.9 Å². The van der Waals surface area contributed by atoms with Crippen molar-refractivity contribution in [3.63, 3.8) is 0 Å². The summed E-state index contributed by atoms with van der Waals surface area (Å²) in [5.74, 6) is -0.978. The summed E-state index contributed by atoms with van der Waals surface area (Å²) < 4.78 is 5.34. The molecule has 3 N–H and O–H groups in total. The van der Waals surface area contributed by atoms with Gasteiger partial charge >= 0.3 is 0 Å². The largest absolute Gasteiger partial charge is 0.381 e. The van der Waals surface area contributed by atoms with E-state index in [1.807, 2.05) is 24.3 Å². The first-order valence-electron chi connectivity index (χ1n) is 11.2. The Hall–Kier alpha value is -3.43. The van der Waals surface area contributed by atoms with Crippen LogP contribution in [-0.2, 0) is 20.7 Å². The van der Waals surface area contributed by atoms with Gasteiger partial charge in [0.15, 0.2) is 0 Å². The number of anilines is 1. The number of hydrogen-bond acceptors (Lipinski definition) is 5. The zero-order valence-electron chi connectivity index (χ0n) is 18.3. The molecule has 2 aromatic heterocycles. The van der Waals surface area contributed by atoms with Gasteiger partial charge in [-0.05, 0) is 36.6 Å². The van der Waals surface area contributed by atoms with E-state index in [4.69, 9.17) is 16.3 Å². The molecule has 1 atom stereocenters. The number of nitrogens with zero attached hydrogens (tertiary/aromatic N) is 2. The van der Waals surface area contributed by atoms with E-state index in [1.54, 1.807) is 18.3 Å². The Bertz CT molecular complexity index is 1250. The molecule has 2 aliphatic rings. The van der Waals surface area contributed by atoms with Crippen LogP contribution in [0.5, 0.6) is 0 Å². The van der Waals surface area contributed by atoms with Crippen LogP contribution in [0, 0.1) is 0 Å². The van der Waals surface area contributed by atoms with Crippen molar-refractivity contribution in [2.45, 2.75) is 31.3 Å². The highest BCUT2D eigenvalue weighted by molar-refractivity contribution is 6.30. The van der Waals surface area contributed by atoms with E-state index in [0.29, 0.717) is 41.7 Å². The molecule has 3 amide bonds. The van der Waals surface area contributed by atoms with Crippen LogP contribution in [0.1, 0.15) is 28.9 Å². The van der Waals surface area contributed by atoms with E-state index in [9.17, 15) is 14.4 Å². The van der Waals surface area contributed by atoms with E-state index in [1.165, 1.54) is 4.90 Å².